The summed E-state index contributed by atoms with van der Waals surface area (Å²) in [5, 5.41) is 9.46. The lowest BCUT2D eigenvalue weighted by molar-refractivity contribution is 0.0574. The summed E-state index contributed by atoms with van der Waals surface area (Å²) >= 11 is 0. The highest BCUT2D eigenvalue weighted by Crippen LogP contribution is 2.22. The maximum Gasteiger partial charge on any atom is 0.127 e. The molecule has 0 amide bonds. The number of hydrogen-bond donors (Lipinski definition) is 1. The zero-order valence-corrected chi connectivity index (χ0v) is 6.50. The van der Waals surface area contributed by atoms with Crippen LogP contribution in [0.5, 0.6) is 0 Å². The number of aliphatic hydroxyl groups is 1. The van der Waals surface area contributed by atoms with E-state index in [2.05, 4.69) is 0 Å². The lowest BCUT2D eigenvalue weighted by Crippen LogP contribution is -2.22. The summed E-state index contributed by atoms with van der Waals surface area (Å²) in [4.78, 5) is 0. The summed E-state index contributed by atoms with van der Waals surface area (Å²) in [7, 11) is 0. The molecule has 0 radical (unpaired) electrons. The minimum atomic E-state index is -0.352. The van der Waals surface area contributed by atoms with Crippen molar-refractivity contribution in [2.45, 2.75) is 38.9 Å². The first-order chi connectivity index (χ1) is 4.79. The van der Waals surface area contributed by atoms with Gasteiger partial charge in [-0.1, -0.05) is 13.8 Å². The van der Waals surface area contributed by atoms with Gasteiger partial charge in [-0.05, 0) is 18.4 Å². The lowest BCUT2D eigenvalue weighted by Gasteiger charge is -2.12. The van der Waals surface area contributed by atoms with Crippen LogP contribution in [0.4, 0.5) is 0 Å². The van der Waals surface area contributed by atoms with Gasteiger partial charge in [-0.15, -0.1) is 0 Å². The van der Waals surface area contributed by atoms with Crippen LogP contribution in [0.1, 0.15) is 26.7 Å². The van der Waals surface area contributed by atoms with E-state index in [0.29, 0.717) is 0 Å². The van der Waals surface area contributed by atoms with Gasteiger partial charge in [-0.2, -0.15) is 0 Å². The fourth-order valence-electron chi connectivity index (χ4n) is 1.17. The number of hydrogen-bond acceptors (Lipinski definition) is 2. The van der Waals surface area contributed by atoms with Crippen molar-refractivity contribution in [2.75, 3.05) is 0 Å². The molecule has 2 atom stereocenters. The summed E-state index contributed by atoms with van der Waals surface area (Å²) in [6, 6.07) is 0. The van der Waals surface area contributed by atoms with Gasteiger partial charge in [0.1, 0.15) is 12.2 Å². The molecule has 1 aliphatic rings. The average Bonchev–Trinajstić information content (AvgIpc) is 2.30. The van der Waals surface area contributed by atoms with Crippen molar-refractivity contribution in [2.24, 2.45) is 0 Å². The molecule has 1 rings (SSSR count). The lowest BCUT2D eigenvalue weighted by atomic mass is 10.0. The molecule has 2 nitrogen and oxygen atoms in total. The smallest absolute Gasteiger partial charge is 0.127 e. The second kappa shape index (κ2) is 3.06. The standard InChI is InChI=1S/C8H14O2/c1-3-6-5-10-7(4-2)8(6)9/h5,7-9H,3-4H2,1-2H3. The van der Waals surface area contributed by atoms with Gasteiger partial charge in [-0.25, -0.2) is 0 Å². The van der Waals surface area contributed by atoms with E-state index in [1.165, 1.54) is 0 Å². The summed E-state index contributed by atoms with van der Waals surface area (Å²) < 4.78 is 5.21. The van der Waals surface area contributed by atoms with Crippen LogP contribution in [-0.4, -0.2) is 17.3 Å². The topological polar surface area (TPSA) is 29.5 Å². The molecule has 0 fully saturated rings. The van der Waals surface area contributed by atoms with Crippen LogP contribution in [0.2, 0.25) is 0 Å². The van der Waals surface area contributed by atoms with E-state index >= 15 is 0 Å². The summed E-state index contributed by atoms with van der Waals surface area (Å²) in [5.74, 6) is 0. The van der Waals surface area contributed by atoms with Crippen LogP contribution in [0.3, 0.4) is 0 Å². The zero-order valence-electron chi connectivity index (χ0n) is 6.50. The molecule has 0 spiro atoms. The van der Waals surface area contributed by atoms with Crippen molar-refractivity contribution >= 4 is 0 Å². The Labute approximate surface area is 61.5 Å². The first-order valence-electron chi connectivity index (χ1n) is 3.82. The molecule has 0 aliphatic carbocycles. The van der Waals surface area contributed by atoms with Crippen LogP contribution in [0.15, 0.2) is 11.8 Å². The highest BCUT2D eigenvalue weighted by Gasteiger charge is 2.26. The predicted molar refractivity (Wildman–Crippen MR) is 39.5 cm³/mol. The van der Waals surface area contributed by atoms with Gasteiger partial charge >= 0.3 is 0 Å². The van der Waals surface area contributed by atoms with Crippen LogP contribution in [-0.2, 0) is 4.74 Å². The Hall–Kier alpha value is -0.500. The van der Waals surface area contributed by atoms with E-state index in [0.717, 1.165) is 18.4 Å². The summed E-state index contributed by atoms with van der Waals surface area (Å²) in [5.41, 5.74) is 1.02. The quantitative estimate of drug-likeness (QED) is 0.632. The van der Waals surface area contributed by atoms with Crippen molar-refractivity contribution in [3.05, 3.63) is 11.8 Å². The monoisotopic (exact) mass is 142 g/mol. The Balaban J connectivity index is 2.51. The van der Waals surface area contributed by atoms with Gasteiger partial charge < -0.3 is 9.84 Å². The molecule has 10 heavy (non-hydrogen) atoms. The predicted octanol–water partition coefficient (Wildman–Crippen LogP) is 1.45. The van der Waals surface area contributed by atoms with Crippen LogP contribution in [0.25, 0.3) is 0 Å². The highest BCUT2D eigenvalue weighted by molar-refractivity contribution is 5.11. The number of ether oxygens (including phenoxy) is 1. The third-order valence-corrected chi connectivity index (χ3v) is 1.94. The van der Waals surface area contributed by atoms with Crippen LogP contribution >= 0.6 is 0 Å². The highest BCUT2D eigenvalue weighted by atomic mass is 16.5. The molecular formula is C8H14O2. The maximum atomic E-state index is 9.46. The summed E-state index contributed by atoms with van der Waals surface area (Å²) in [6.07, 6.45) is 3.11. The molecule has 0 saturated carbocycles. The zero-order chi connectivity index (χ0) is 7.56. The van der Waals surface area contributed by atoms with Gasteiger partial charge in [0.2, 0.25) is 0 Å². The van der Waals surface area contributed by atoms with Crippen LogP contribution < -0.4 is 0 Å². The molecule has 1 N–H and O–H groups in total. The Bertz CT molecular complexity index is 140. The molecule has 1 heterocycles. The first kappa shape index (κ1) is 7.61. The van der Waals surface area contributed by atoms with Crippen molar-refractivity contribution in [1.29, 1.82) is 0 Å². The second-order valence-electron chi connectivity index (χ2n) is 2.57. The third-order valence-electron chi connectivity index (χ3n) is 1.94. The minimum absolute atomic E-state index is 0.00921. The van der Waals surface area contributed by atoms with E-state index in [1.54, 1.807) is 6.26 Å². The minimum Gasteiger partial charge on any atom is -0.495 e. The molecule has 1 aliphatic heterocycles. The number of aliphatic hydroxyl groups excluding tert-OH is 1. The molecule has 58 valence electrons. The van der Waals surface area contributed by atoms with Gasteiger partial charge in [-0.3, -0.25) is 0 Å². The normalized spacial score (nSPS) is 31.7. The first-order valence-corrected chi connectivity index (χ1v) is 3.82. The van der Waals surface area contributed by atoms with E-state index in [-0.39, 0.29) is 12.2 Å². The molecular weight excluding hydrogens is 128 g/mol. The van der Waals surface area contributed by atoms with Crippen molar-refractivity contribution in [3.8, 4) is 0 Å². The third kappa shape index (κ3) is 1.16. The Morgan fingerprint density at radius 3 is 2.60 bits per heavy atom. The van der Waals surface area contributed by atoms with E-state index < -0.39 is 0 Å². The molecule has 0 saturated heterocycles. The summed E-state index contributed by atoms with van der Waals surface area (Å²) in [6.45, 7) is 4.04. The molecule has 0 aromatic heterocycles. The van der Waals surface area contributed by atoms with E-state index in [1.807, 2.05) is 13.8 Å². The van der Waals surface area contributed by atoms with Crippen molar-refractivity contribution in [1.82, 2.24) is 0 Å². The van der Waals surface area contributed by atoms with Gasteiger partial charge in [0.15, 0.2) is 0 Å². The second-order valence-corrected chi connectivity index (χ2v) is 2.57. The molecule has 2 unspecified atom stereocenters. The SMILES string of the molecule is CCC1=COC(CC)C1O. The van der Waals surface area contributed by atoms with Crippen LogP contribution in [0, 0.1) is 0 Å². The molecule has 0 aromatic carbocycles. The van der Waals surface area contributed by atoms with Gasteiger partial charge in [0, 0.05) is 0 Å². The van der Waals surface area contributed by atoms with Crippen molar-refractivity contribution in [3.63, 3.8) is 0 Å². The number of rotatable bonds is 2. The average molecular weight is 142 g/mol. The van der Waals surface area contributed by atoms with E-state index in [4.69, 9.17) is 4.74 Å². The Morgan fingerprint density at radius 2 is 2.30 bits per heavy atom. The molecule has 0 bridgehead atoms. The largest absolute Gasteiger partial charge is 0.495 e. The van der Waals surface area contributed by atoms with E-state index in [9.17, 15) is 5.11 Å². The Morgan fingerprint density at radius 1 is 1.60 bits per heavy atom. The Kier molecular flexibility index (Phi) is 2.33. The fraction of sp³-hybridized carbons (Fsp3) is 0.750. The van der Waals surface area contributed by atoms with Gasteiger partial charge in [0.25, 0.3) is 0 Å². The fourth-order valence-corrected chi connectivity index (χ4v) is 1.17. The maximum absolute atomic E-state index is 9.46. The van der Waals surface area contributed by atoms with Gasteiger partial charge in [0.05, 0.1) is 6.26 Å². The molecule has 0 aromatic rings. The molecule has 2 heteroatoms. The van der Waals surface area contributed by atoms with Crippen molar-refractivity contribution < 1.29 is 9.84 Å².